The second-order valence-electron chi connectivity index (χ2n) is 6.11. The molecule has 1 amide bonds. The first-order valence-electron chi connectivity index (χ1n) is 8.24. The minimum atomic E-state index is -0.0212. The molecule has 0 bridgehead atoms. The van der Waals surface area contributed by atoms with Gasteiger partial charge in [0.05, 0.1) is 6.54 Å². The van der Waals surface area contributed by atoms with Gasteiger partial charge in [0.2, 0.25) is 5.91 Å². The second kappa shape index (κ2) is 7.82. The first kappa shape index (κ1) is 17.1. The maximum absolute atomic E-state index is 12.3. The normalized spacial score (nSPS) is 10.7. The molecule has 0 spiro atoms. The molecule has 3 nitrogen and oxygen atoms in total. The summed E-state index contributed by atoms with van der Waals surface area (Å²) in [6.07, 6.45) is 0.945. The van der Waals surface area contributed by atoms with Crippen molar-refractivity contribution in [2.45, 2.75) is 40.0 Å². The Bertz CT molecular complexity index is 677. The Labute approximate surface area is 139 Å². The predicted octanol–water partition coefficient (Wildman–Crippen LogP) is 4.73. The third-order valence-corrected chi connectivity index (χ3v) is 4.03. The molecule has 0 atom stereocenters. The van der Waals surface area contributed by atoms with Crippen LogP contribution in [0, 0.1) is 6.92 Å². The number of hydrogen-bond acceptors (Lipinski definition) is 2. The number of anilines is 2. The highest BCUT2D eigenvalue weighted by Gasteiger charge is 2.12. The van der Waals surface area contributed by atoms with Crippen molar-refractivity contribution in [3.63, 3.8) is 0 Å². The average Bonchev–Trinajstić information content (AvgIpc) is 2.54. The molecule has 2 aromatic carbocycles. The van der Waals surface area contributed by atoms with Crippen LogP contribution in [0.3, 0.4) is 0 Å². The van der Waals surface area contributed by atoms with Gasteiger partial charge in [-0.15, -0.1) is 0 Å². The van der Waals surface area contributed by atoms with Gasteiger partial charge >= 0.3 is 0 Å². The van der Waals surface area contributed by atoms with Crippen molar-refractivity contribution in [2.24, 2.45) is 0 Å². The number of amides is 1. The molecule has 122 valence electrons. The molecule has 0 radical (unpaired) electrons. The largest absolute Gasteiger partial charge is 0.376 e. The first-order chi connectivity index (χ1) is 11.0. The Balaban J connectivity index is 2.06. The summed E-state index contributed by atoms with van der Waals surface area (Å²) in [5.74, 6) is 0.353. The van der Waals surface area contributed by atoms with Crippen molar-refractivity contribution in [1.82, 2.24) is 0 Å². The fourth-order valence-corrected chi connectivity index (χ4v) is 2.70. The van der Waals surface area contributed by atoms with Gasteiger partial charge in [-0.1, -0.05) is 57.2 Å². The van der Waals surface area contributed by atoms with Gasteiger partial charge in [0.1, 0.15) is 0 Å². The van der Waals surface area contributed by atoms with Crippen molar-refractivity contribution in [3.05, 3.63) is 59.2 Å². The first-order valence-corrected chi connectivity index (χ1v) is 8.24. The quantitative estimate of drug-likeness (QED) is 0.809. The van der Waals surface area contributed by atoms with Crippen LogP contribution in [0.5, 0.6) is 0 Å². The van der Waals surface area contributed by atoms with Crippen LogP contribution in [0.2, 0.25) is 0 Å². The summed E-state index contributed by atoms with van der Waals surface area (Å²) in [5.41, 5.74) is 5.46. The fourth-order valence-electron chi connectivity index (χ4n) is 2.70. The van der Waals surface area contributed by atoms with E-state index in [1.165, 1.54) is 11.1 Å². The molecule has 0 unspecified atom stereocenters. The van der Waals surface area contributed by atoms with Gasteiger partial charge in [0, 0.05) is 11.4 Å². The van der Waals surface area contributed by atoms with Crippen molar-refractivity contribution in [2.75, 3.05) is 17.2 Å². The maximum Gasteiger partial charge on any atom is 0.243 e. The van der Waals surface area contributed by atoms with E-state index in [9.17, 15) is 4.79 Å². The zero-order valence-corrected chi connectivity index (χ0v) is 14.4. The number of benzene rings is 2. The summed E-state index contributed by atoms with van der Waals surface area (Å²) >= 11 is 0. The fraction of sp³-hybridized carbons (Fsp3) is 0.350. The molecular weight excluding hydrogens is 284 g/mol. The van der Waals surface area contributed by atoms with Crippen molar-refractivity contribution in [3.8, 4) is 0 Å². The SMILES string of the molecule is CCc1ccccc1NCC(=O)Nc1c(C)cccc1C(C)C. The molecule has 0 saturated heterocycles. The molecule has 0 aromatic heterocycles. The van der Waals surface area contributed by atoms with Crippen molar-refractivity contribution >= 4 is 17.3 Å². The number of aryl methyl sites for hydroxylation is 2. The molecule has 3 heteroatoms. The van der Waals surface area contributed by atoms with E-state index >= 15 is 0 Å². The van der Waals surface area contributed by atoms with E-state index in [1.807, 2.05) is 37.3 Å². The van der Waals surface area contributed by atoms with Crippen LogP contribution >= 0.6 is 0 Å². The maximum atomic E-state index is 12.3. The highest BCUT2D eigenvalue weighted by molar-refractivity contribution is 5.95. The lowest BCUT2D eigenvalue weighted by Gasteiger charge is -2.17. The molecule has 0 saturated carbocycles. The van der Waals surface area contributed by atoms with Crippen LogP contribution in [0.25, 0.3) is 0 Å². The Morgan fingerprint density at radius 1 is 1.09 bits per heavy atom. The van der Waals surface area contributed by atoms with Crippen LogP contribution in [0.4, 0.5) is 11.4 Å². The number of carbonyl (C=O) groups excluding carboxylic acids is 1. The highest BCUT2D eigenvalue weighted by Crippen LogP contribution is 2.27. The molecule has 0 fully saturated rings. The summed E-state index contributed by atoms with van der Waals surface area (Å²) in [4.78, 5) is 12.3. The third-order valence-electron chi connectivity index (χ3n) is 4.03. The molecule has 0 aliphatic heterocycles. The lowest BCUT2D eigenvalue weighted by atomic mass is 9.98. The van der Waals surface area contributed by atoms with E-state index in [0.29, 0.717) is 5.92 Å². The summed E-state index contributed by atoms with van der Waals surface area (Å²) < 4.78 is 0. The summed E-state index contributed by atoms with van der Waals surface area (Å²) in [5, 5.41) is 6.31. The number of nitrogens with one attached hydrogen (secondary N) is 2. The van der Waals surface area contributed by atoms with Crippen molar-refractivity contribution in [1.29, 1.82) is 0 Å². The Morgan fingerprint density at radius 3 is 2.52 bits per heavy atom. The number of rotatable bonds is 6. The molecule has 0 aliphatic rings. The van der Waals surface area contributed by atoms with Gasteiger partial charge in [0.25, 0.3) is 0 Å². The van der Waals surface area contributed by atoms with Crippen LogP contribution < -0.4 is 10.6 Å². The van der Waals surface area contributed by atoms with Crippen LogP contribution in [0.1, 0.15) is 43.4 Å². The van der Waals surface area contributed by atoms with Gasteiger partial charge < -0.3 is 10.6 Å². The minimum absolute atomic E-state index is 0.0212. The highest BCUT2D eigenvalue weighted by atomic mass is 16.1. The third kappa shape index (κ3) is 4.35. The Kier molecular flexibility index (Phi) is 5.80. The monoisotopic (exact) mass is 310 g/mol. The molecule has 2 rings (SSSR count). The molecule has 23 heavy (non-hydrogen) atoms. The standard InChI is InChI=1S/C20H26N2O/c1-5-16-10-6-7-12-18(16)21-13-19(23)22-20-15(4)9-8-11-17(20)14(2)3/h6-12,14,21H,5,13H2,1-4H3,(H,22,23). The zero-order chi connectivity index (χ0) is 16.8. The van der Waals surface area contributed by atoms with E-state index in [1.54, 1.807) is 0 Å². The summed E-state index contributed by atoms with van der Waals surface area (Å²) in [6.45, 7) is 8.69. The molecular formula is C20H26N2O. The second-order valence-corrected chi connectivity index (χ2v) is 6.11. The van der Waals surface area contributed by atoms with Gasteiger partial charge in [-0.25, -0.2) is 0 Å². The average molecular weight is 310 g/mol. The van der Waals surface area contributed by atoms with Crippen LogP contribution in [-0.2, 0) is 11.2 Å². The number of para-hydroxylation sites is 2. The van der Waals surface area contributed by atoms with Gasteiger partial charge in [0.15, 0.2) is 0 Å². The van der Waals surface area contributed by atoms with E-state index in [2.05, 4.69) is 43.5 Å². The lowest BCUT2D eigenvalue weighted by Crippen LogP contribution is -2.23. The predicted molar refractivity (Wildman–Crippen MR) is 98.2 cm³/mol. The van der Waals surface area contributed by atoms with Crippen LogP contribution in [0.15, 0.2) is 42.5 Å². The number of hydrogen-bond donors (Lipinski definition) is 2. The number of carbonyl (C=O) groups is 1. The van der Waals surface area contributed by atoms with E-state index in [-0.39, 0.29) is 12.5 Å². The van der Waals surface area contributed by atoms with Gasteiger partial charge in [-0.05, 0) is 42.0 Å². The summed E-state index contributed by atoms with van der Waals surface area (Å²) in [7, 11) is 0. The summed E-state index contributed by atoms with van der Waals surface area (Å²) in [6, 6.07) is 14.2. The Morgan fingerprint density at radius 2 is 1.83 bits per heavy atom. The smallest absolute Gasteiger partial charge is 0.243 e. The molecule has 2 N–H and O–H groups in total. The van der Waals surface area contributed by atoms with Gasteiger partial charge in [-0.3, -0.25) is 4.79 Å². The molecule has 2 aromatic rings. The van der Waals surface area contributed by atoms with E-state index < -0.39 is 0 Å². The van der Waals surface area contributed by atoms with E-state index in [0.717, 1.165) is 23.4 Å². The van der Waals surface area contributed by atoms with Crippen LogP contribution in [-0.4, -0.2) is 12.5 Å². The lowest BCUT2D eigenvalue weighted by molar-refractivity contribution is -0.114. The topological polar surface area (TPSA) is 41.1 Å². The van der Waals surface area contributed by atoms with Gasteiger partial charge in [-0.2, -0.15) is 0 Å². The molecule has 0 aliphatic carbocycles. The van der Waals surface area contributed by atoms with E-state index in [4.69, 9.17) is 0 Å². The minimum Gasteiger partial charge on any atom is -0.376 e. The zero-order valence-electron chi connectivity index (χ0n) is 14.4. The molecule has 0 heterocycles. The Hall–Kier alpha value is -2.29. The van der Waals surface area contributed by atoms with Crippen molar-refractivity contribution < 1.29 is 4.79 Å².